The van der Waals surface area contributed by atoms with Crippen LogP contribution in [0, 0.1) is 0 Å². The molecule has 0 radical (unpaired) electrons. The highest BCUT2D eigenvalue weighted by Crippen LogP contribution is 2.39. The average molecular weight is 262 g/mol. The van der Waals surface area contributed by atoms with Crippen LogP contribution in [0.1, 0.15) is 25.3 Å². The molecule has 0 spiro atoms. The molecular formula is C15H22N2S. The van der Waals surface area contributed by atoms with E-state index in [1.165, 1.54) is 23.7 Å². The van der Waals surface area contributed by atoms with E-state index in [9.17, 15) is 0 Å². The largest absolute Gasteiger partial charge is 0.309 e. The molecule has 0 bridgehead atoms. The molecule has 1 saturated heterocycles. The van der Waals surface area contributed by atoms with Crippen molar-refractivity contribution in [2.45, 2.75) is 30.2 Å². The van der Waals surface area contributed by atoms with Crippen molar-refractivity contribution < 1.29 is 0 Å². The topological polar surface area (TPSA) is 15.3 Å². The van der Waals surface area contributed by atoms with Crippen LogP contribution in [0.3, 0.4) is 0 Å². The van der Waals surface area contributed by atoms with Crippen molar-refractivity contribution in [3.63, 3.8) is 0 Å². The number of fused-ring (bicyclic) bond motifs is 1. The lowest BCUT2D eigenvalue weighted by molar-refractivity contribution is 0.149. The molecule has 2 aliphatic rings. The van der Waals surface area contributed by atoms with Gasteiger partial charge in [0.05, 0.1) is 0 Å². The van der Waals surface area contributed by atoms with Gasteiger partial charge in [0.25, 0.3) is 0 Å². The molecule has 18 heavy (non-hydrogen) atoms. The molecule has 1 atom stereocenters. The Kier molecular flexibility index (Phi) is 3.39. The van der Waals surface area contributed by atoms with Gasteiger partial charge in [-0.25, -0.2) is 0 Å². The van der Waals surface area contributed by atoms with E-state index in [1.807, 2.05) is 11.8 Å². The van der Waals surface area contributed by atoms with Crippen LogP contribution in [-0.4, -0.2) is 42.4 Å². The molecular weight excluding hydrogens is 240 g/mol. The Morgan fingerprint density at radius 3 is 3.06 bits per heavy atom. The molecule has 98 valence electrons. The Labute approximate surface area is 114 Å². The smallest absolute Gasteiger partial charge is 0.0252 e. The van der Waals surface area contributed by atoms with Crippen LogP contribution in [-0.2, 0) is 0 Å². The molecule has 2 nitrogen and oxygen atoms in total. The van der Waals surface area contributed by atoms with Gasteiger partial charge in [-0.1, -0.05) is 18.2 Å². The predicted molar refractivity (Wildman–Crippen MR) is 78.4 cm³/mol. The van der Waals surface area contributed by atoms with Crippen LogP contribution in [0.4, 0.5) is 0 Å². The summed E-state index contributed by atoms with van der Waals surface area (Å²) in [7, 11) is 0. The van der Waals surface area contributed by atoms with E-state index >= 15 is 0 Å². The molecule has 0 aliphatic carbocycles. The van der Waals surface area contributed by atoms with Gasteiger partial charge in [0, 0.05) is 48.3 Å². The van der Waals surface area contributed by atoms with Crippen LogP contribution < -0.4 is 5.32 Å². The maximum Gasteiger partial charge on any atom is 0.0252 e. The highest BCUT2D eigenvalue weighted by atomic mass is 32.2. The van der Waals surface area contributed by atoms with Gasteiger partial charge in [-0.05, 0) is 25.5 Å². The zero-order valence-corrected chi connectivity index (χ0v) is 12.1. The van der Waals surface area contributed by atoms with E-state index < -0.39 is 0 Å². The second kappa shape index (κ2) is 4.87. The van der Waals surface area contributed by atoms with E-state index in [4.69, 9.17) is 0 Å². The Hall–Kier alpha value is -0.510. The molecule has 0 amide bonds. The lowest BCUT2D eigenvalue weighted by Gasteiger charge is -2.40. The Morgan fingerprint density at radius 2 is 2.22 bits per heavy atom. The van der Waals surface area contributed by atoms with Crippen LogP contribution in [0.15, 0.2) is 29.2 Å². The number of nitrogens with zero attached hydrogens (tertiary/aromatic N) is 1. The number of thioether (sulfide) groups is 1. The van der Waals surface area contributed by atoms with Gasteiger partial charge in [0.15, 0.2) is 0 Å². The summed E-state index contributed by atoms with van der Waals surface area (Å²) in [5, 5.41) is 3.59. The number of hydrogen-bond donors (Lipinski definition) is 1. The molecule has 2 aliphatic heterocycles. The van der Waals surface area contributed by atoms with Crippen LogP contribution in [0.2, 0.25) is 0 Å². The highest BCUT2D eigenvalue weighted by Gasteiger charge is 2.30. The van der Waals surface area contributed by atoms with Gasteiger partial charge in [-0.3, -0.25) is 4.90 Å². The minimum absolute atomic E-state index is 0.267. The molecule has 1 N–H and O–H groups in total. The summed E-state index contributed by atoms with van der Waals surface area (Å²) in [4.78, 5) is 4.13. The van der Waals surface area contributed by atoms with Crippen molar-refractivity contribution in [3.8, 4) is 0 Å². The third kappa shape index (κ3) is 2.58. The molecule has 3 rings (SSSR count). The average Bonchev–Trinajstić information content (AvgIpc) is 2.72. The first-order chi connectivity index (χ1) is 8.64. The SMILES string of the molecule is CC1(C)CN(CC2CSc3ccccc32)CCN1. The molecule has 1 unspecified atom stereocenters. The number of hydrogen-bond acceptors (Lipinski definition) is 3. The Balaban J connectivity index is 1.68. The molecule has 0 aromatic heterocycles. The molecule has 1 fully saturated rings. The second-order valence-corrected chi connectivity index (χ2v) is 7.15. The van der Waals surface area contributed by atoms with Crippen molar-refractivity contribution in [1.29, 1.82) is 0 Å². The van der Waals surface area contributed by atoms with E-state index in [1.54, 1.807) is 5.56 Å². The van der Waals surface area contributed by atoms with Gasteiger partial charge >= 0.3 is 0 Å². The van der Waals surface area contributed by atoms with E-state index in [0.29, 0.717) is 0 Å². The maximum absolute atomic E-state index is 3.59. The van der Waals surface area contributed by atoms with Gasteiger partial charge in [-0.2, -0.15) is 0 Å². The zero-order chi connectivity index (χ0) is 12.6. The lowest BCUT2D eigenvalue weighted by Crippen LogP contribution is -2.57. The maximum atomic E-state index is 3.59. The first-order valence-electron chi connectivity index (χ1n) is 6.83. The van der Waals surface area contributed by atoms with Crippen molar-refractivity contribution in [1.82, 2.24) is 10.2 Å². The number of benzene rings is 1. The van der Waals surface area contributed by atoms with Gasteiger partial charge in [0.1, 0.15) is 0 Å². The first-order valence-corrected chi connectivity index (χ1v) is 7.82. The zero-order valence-electron chi connectivity index (χ0n) is 11.3. The minimum Gasteiger partial charge on any atom is -0.309 e. The first kappa shape index (κ1) is 12.5. The third-order valence-corrected chi connectivity index (χ3v) is 5.18. The summed E-state index contributed by atoms with van der Waals surface area (Å²) in [6.07, 6.45) is 0. The van der Waals surface area contributed by atoms with E-state index in [2.05, 4.69) is 48.3 Å². The van der Waals surface area contributed by atoms with Crippen molar-refractivity contribution in [2.24, 2.45) is 0 Å². The fourth-order valence-electron chi connectivity index (χ4n) is 3.09. The summed E-state index contributed by atoms with van der Waals surface area (Å²) < 4.78 is 0. The summed E-state index contributed by atoms with van der Waals surface area (Å²) in [6.45, 7) is 9.29. The third-order valence-electron chi connectivity index (χ3n) is 3.93. The van der Waals surface area contributed by atoms with Gasteiger partial charge in [0.2, 0.25) is 0 Å². The summed E-state index contributed by atoms with van der Waals surface area (Å²) in [5.41, 5.74) is 1.84. The molecule has 1 aromatic carbocycles. The van der Waals surface area contributed by atoms with E-state index in [-0.39, 0.29) is 5.54 Å². The fourth-order valence-corrected chi connectivity index (χ4v) is 4.34. The highest BCUT2D eigenvalue weighted by molar-refractivity contribution is 7.99. The predicted octanol–water partition coefficient (Wildman–Crippen LogP) is 2.56. The molecule has 0 saturated carbocycles. The Bertz CT molecular complexity index is 430. The fraction of sp³-hybridized carbons (Fsp3) is 0.600. The molecule has 3 heteroatoms. The Morgan fingerprint density at radius 1 is 1.39 bits per heavy atom. The number of nitrogens with one attached hydrogen (secondary N) is 1. The minimum atomic E-state index is 0.267. The quantitative estimate of drug-likeness (QED) is 0.882. The van der Waals surface area contributed by atoms with Crippen molar-refractivity contribution in [3.05, 3.63) is 29.8 Å². The van der Waals surface area contributed by atoms with Crippen LogP contribution >= 0.6 is 11.8 Å². The summed E-state index contributed by atoms with van der Waals surface area (Å²) in [5.74, 6) is 1.98. The summed E-state index contributed by atoms with van der Waals surface area (Å²) in [6, 6.07) is 8.91. The van der Waals surface area contributed by atoms with Crippen molar-refractivity contribution >= 4 is 11.8 Å². The molecule has 2 heterocycles. The monoisotopic (exact) mass is 262 g/mol. The van der Waals surface area contributed by atoms with E-state index in [0.717, 1.165) is 19.0 Å². The van der Waals surface area contributed by atoms with Crippen LogP contribution in [0.5, 0.6) is 0 Å². The number of rotatable bonds is 2. The normalized spacial score (nSPS) is 27.1. The van der Waals surface area contributed by atoms with Gasteiger partial charge < -0.3 is 5.32 Å². The second-order valence-electron chi connectivity index (χ2n) is 6.09. The summed E-state index contributed by atoms with van der Waals surface area (Å²) >= 11 is 2.02. The standard InChI is InChI=1S/C15H22N2S/c1-15(2)11-17(8-7-16-15)9-12-10-18-14-6-4-3-5-13(12)14/h3-6,12,16H,7-11H2,1-2H3. The van der Waals surface area contributed by atoms with Gasteiger partial charge in [-0.15, -0.1) is 11.8 Å². The number of piperazine rings is 1. The van der Waals surface area contributed by atoms with Crippen LogP contribution in [0.25, 0.3) is 0 Å². The molecule has 1 aromatic rings. The lowest BCUT2D eigenvalue weighted by atomic mass is 9.97. The van der Waals surface area contributed by atoms with Crippen molar-refractivity contribution in [2.75, 3.05) is 31.9 Å².